The molecular weight excluding hydrogens is 276 g/mol. The first-order chi connectivity index (χ1) is 9.04. The van der Waals surface area contributed by atoms with Crippen LogP contribution in [0.25, 0.3) is 0 Å². The summed E-state index contributed by atoms with van der Waals surface area (Å²) in [5.74, 6) is -0.376. The van der Waals surface area contributed by atoms with Crippen molar-refractivity contribution in [1.82, 2.24) is 9.78 Å². The van der Waals surface area contributed by atoms with Gasteiger partial charge in [0.25, 0.3) is 12.3 Å². The van der Waals surface area contributed by atoms with Gasteiger partial charge in [-0.3, -0.25) is 9.48 Å². The Balaban J connectivity index is 2.05. The first kappa shape index (κ1) is 13.5. The molecule has 0 radical (unpaired) electrons. The summed E-state index contributed by atoms with van der Waals surface area (Å²) in [7, 11) is 0. The summed E-state index contributed by atoms with van der Waals surface area (Å²) in [6.45, 7) is -0.507. The highest BCUT2D eigenvalue weighted by Crippen LogP contribution is 2.13. The fourth-order valence-corrected chi connectivity index (χ4v) is 1.69. The molecule has 0 aliphatic heterocycles. The van der Waals surface area contributed by atoms with E-state index in [4.69, 9.17) is 11.6 Å². The highest BCUT2D eigenvalue weighted by Gasteiger charge is 2.09. The smallest absolute Gasteiger partial charge is 0.257 e. The molecule has 2 rings (SSSR count). The van der Waals surface area contributed by atoms with E-state index >= 15 is 0 Å². The number of carbonyl (C=O) groups is 1. The van der Waals surface area contributed by atoms with Crippen LogP contribution >= 0.6 is 11.6 Å². The van der Waals surface area contributed by atoms with Gasteiger partial charge in [-0.2, -0.15) is 5.10 Å². The molecular formula is C12H10ClF2N3O. The van der Waals surface area contributed by atoms with Crippen LogP contribution in [0.3, 0.4) is 0 Å². The lowest BCUT2D eigenvalue weighted by Crippen LogP contribution is -2.11. The van der Waals surface area contributed by atoms with Gasteiger partial charge >= 0.3 is 0 Å². The van der Waals surface area contributed by atoms with E-state index in [1.807, 2.05) is 0 Å². The Hall–Kier alpha value is -1.95. The summed E-state index contributed by atoms with van der Waals surface area (Å²) in [5.41, 5.74) is 0.736. The summed E-state index contributed by atoms with van der Waals surface area (Å²) >= 11 is 5.77. The van der Waals surface area contributed by atoms with Crippen LogP contribution in [0.15, 0.2) is 36.7 Å². The summed E-state index contributed by atoms with van der Waals surface area (Å²) in [4.78, 5) is 11.8. The lowest BCUT2D eigenvalue weighted by Gasteiger charge is -2.02. The number of alkyl halides is 2. The Morgan fingerprint density at radius 3 is 2.95 bits per heavy atom. The highest BCUT2D eigenvalue weighted by molar-refractivity contribution is 6.31. The standard InChI is InChI=1S/C12H10ClF2N3O/c13-9-3-1-2-8(4-9)12(19)17-10-5-16-18(6-10)7-11(14)15/h1-6,11H,7H2,(H,17,19). The van der Waals surface area contributed by atoms with E-state index < -0.39 is 13.0 Å². The molecule has 1 aromatic heterocycles. The molecule has 2 aromatic rings. The third kappa shape index (κ3) is 3.75. The summed E-state index contributed by atoms with van der Waals surface area (Å²) < 4.78 is 25.3. The number of hydrogen-bond acceptors (Lipinski definition) is 2. The van der Waals surface area contributed by atoms with Gasteiger partial charge in [0.15, 0.2) is 0 Å². The van der Waals surface area contributed by atoms with Crippen molar-refractivity contribution in [2.75, 3.05) is 5.32 Å². The minimum absolute atomic E-state index is 0.352. The number of hydrogen-bond donors (Lipinski definition) is 1. The first-order valence-corrected chi connectivity index (χ1v) is 5.80. The van der Waals surface area contributed by atoms with Crippen molar-refractivity contribution in [3.05, 3.63) is 47.2 Å². The van der Waals surface area contributed by atoms with Crippen molar-refractivity contribution in [2.45, 2.75) is 13.0 Å². The van der Waals surface area contributed by atoms with Gasteiger partial charge in [-0.1, -0.05) is 17.7 Å². The largest absolute Gasteiger partial charge is 0.319 e. The number of amides is 1. The normalized spacial score (nSPS) is 10.7. The molecule has 19 heavy (non-hydrogen) atoms. The highest BCUT2D eigenvalue weighted by atomic mass is 35.5. The van der Waals surface area contributed by atoms with Crippen molar-refractivity contribution in [2.24, 2.45) is 0 Å². The van der Waals surface area contributed by atoms with Gasteiger partial charge in [-0.05, 0) is 18.2 Å². The molecule has 0 fully saturated rings. The number of nitrogens with one attached hydrogen (secondary N) is 1. The van der Waals surface area contributed by atoms with Crippen molar-refractivity contribution in [1.29, 1.82) is 0 Å². The van der Waals surface area contributed by atoms with E-state index in [2.05, 4.69) is 10.4 Å². The molecule has 1 amide bonds. The number of carbonyl (C=O) groups excluding carboxylic acids is 1. The van der Waals surface area contributed by atoms with Crippen molar-refractivity contribution < 1.29 is 13.6 Å². The maximum absolute atomic E-state index is 12.1. The van der Waals surface area contributed by atoms with Gasteiger partial charge in [-0.25, -0.2) is 8.78 Å². The van der Waals surface area contributed by atoms with E-state index in [1.165, 1.54) is 18.5 Å². The van der Waals surface area contributed by atoms with E-state index in [1.54, 1.807) is 18.2 Å². The summed E-state index contributed by atoms with van der Waals surface area (Å²) in [6.07, 6.45) is 0.163. The Morgan fingerprint density at radius 1 is 1.47 bits per heavy atom. The molecule has 100 valence electrons. The van der Waals surface area contributed by atoms with Crippen LogP contribution in [0.4, 0.5) is 14.5 Å². The molecule has 0 saturated heterocycles. The molecule has 1 aromatic carbocycles. The second-order valence-electron chi connectivity index (χ2n) is 3.81. The molecule has 0 saturated carbocycles. The Labute approximate surface area is 113 Å². The average Bonchev–Trinajstić information content (AvgIpc) is 2.75. The number of aromatic nitrogens is 2. The summed E-state index contributed by atoms with van der Waals surface area (Å²) in [5, 5.41) is 6.72. The second kappa shape index (κ2) is 5.79. The summed E-state index contributed by atoms with van der Waals surface area (Å²) in [6, 6.07) is 6.42. The minimum atomic E-state index is -2.49. The topological polar surface area (TPSA) is 46.9 Å². The van der Waals surface area contributed by atoms with Crippen LogP contribution in [-0.4, -0.2) is 22.1 Å². The monoisotopic (exact) mass is 285 g/mol. The molecule has 1 N–H and O–H groups in total. The van der Waals surface area contributed by atoms with Gasteiger partial charge in [0.2, 0.25) is 0 Å². The number of rotatable bonds is 4. The quantitative estimate of drug-likeness (QED) is 0.938. The lowest BCUT2D eigenvalue weighted by atomic mass is 10.2. The molecule has 4 nitrogen and oxygen atoms in total. The number of nitrogens with zero attached hydrogens (tertiary/aromatic N) is 2. The van der Waals surface area contributed by atoms with Gasteiger partial charge in [-0.15, -0.1) is 0 Å². The van der Waals surface area contributed by atoms with Crippen LogP contribution in [0.5, 0.6) is 0 Å². The zero-order valence-electron chi connectivity index (χ0n) is 9.69. The number of benzene rings is 1. The molecule has 0 aliphatic carbocycles. The first-order valence-electron chi connectivity index (χ1n) is 5.42. The van der Waals surface area contributed by atoms with Gasteiger partial charge in [0.1, 0.15) is 6.54 Å². The zero-order valence-corrected chi connectivity index (χ0v) is 10.4. The van der Waals surface area contributed by atoms with Gasteiger partial charge < -0.3 is 5.32 Å². The predicted octanol–water partition coefficient (Wildman–Crippen LogP) is 3.05. The maximum atomic E-state index is 12.1. The Bertz CT molecular complexity index is 586. The Kier molecular flexibility index (Phi) is 4.11. The van der Waals surface area contributed by atoms with Crippen molar-refractivity contribution in [3.8, 4) is 0 Å². The van der Waals surface area contributed by atoms with Gasteiger partial charge in [0, 0.05) is 16.8 Å². The molecule has 1 heterocycles. The molecule has 0 spiro atoms. The Morgan fingerprint density at radius 2 is 2.26 bits per heavy atom. The fraction of sp³-hybridized carbons (Fsp3) is 0.167. The molecule has 0 atom stereocenters. The van der Waals surface area contributed by atoms with E-state index in [0.29, 0.717) is 16.3 Å². The zero-order chi connectivity index (χ0) is 13.8. The van der Waals surface area contributed by atoms with E-state index in [-0.39, 0.29) is 5.91 Å². The number of halogens is 3. The SMILES string of the molecule is O=C(Nc1cnn(CC(F)F)c1)c1cccc(Cl)c1. The number of anilines is 1. The average molecular weight is 286 g/mol. The second-order valence-corrected chi connectivity index (χ2v) is 4.24. The van der Waals surface area contributed by atoms with Crippen LogP contribution < -0.4 is 5.32 Å². The maximum Gasteiger partial charge on any atom is 0.257 e. The fourth-order valence-electron chi connectivity index (χ4n) is 1.50. The van der Waals surface area contributed by atoms with Crippen LogP contribution in [0.1, 0.15) is 10.4 Å². The predicted molar refractivity (Wildman–Crippen MR) is 67.6 cm³/mol. The van der Waals surface area contributed by atoms with Gasteiger partial charge in [0.05, 0.1) is 11.9 Å². The van der Waals surface area contributed by atoms with Crippen molar-refractivity contribution in [3.63, 3.8) is 0 Å². The lowest BCUT2D eigenvalue weighted by molar-refractivity contribution is 0.102. The minimum Gasteiger partial charge on any atom is -0.319 e. The van der Waals surface area contributed by atoms with Crippen molar-refractivity contribution >= 4 is 23.2 Å². The van der Waals surface area contributed by atoms with Crippen LogP contribution in [-0.2, 0) is 6.54 Å². The third-order valence-corrected chi connectivity index (χ3v) is 2.54. The molecule has 7 heteroatoms. The van der Waals surface area contributed by atoms with E-state index in [0.717, 1.165) is 4.68 Å². The molecule has 0 aliphatic rings. The van der Waals surface area contributed by atoms with E-state index in [9.17, 15) is 13.6 Å². The van der Waals surface area contributed by atoms with Crippen LogP contribution in [0, 0.1) is 0 Å². The molecule has 0 unspecified atom stereocenters. The third-order valence-electron chi connectivity index (χ3n) is 2.30. The molecule has 0 bridgehead atoms. The van der Waals surface area contributed by atoms with Crippen LogP contribution in [0.2, 0.25) is 5.02 Å².